The van der Waals surface area contributed by atoms with Crippen molar-refractivity contribution in [2.24, 2.45) is 5.73 Å². The highest BCUT2D eigenvalue weighted by atomic mass is 32.2. The van der Waals surface area contributed by atoms with Gasteiger partial charge >= 0.3 is 47.0 Å². The van der Waals surface area contributed by atoms with Gasteiger partial charge in [-0.05, 0) is 25.7 Å². The van der Waals surface area contributed by atoms with E-state index in [-0.39, 0.29) is 19.3 Å². The Morgan fingerprint density at radius 3 is 1.21 bits per heavy atom. The van der Waals surface area contributed by atoms with E-state index in [4.69, 9.17) is 5.73 Å². The first kappa shape index (κ1) is 36.7. The summed E-state index contributed by atoms with van der Waals surface area (Å²) in [5.74, 6) is -51.6. The van der Waals surface area contributed by atoms with E-state index < -0.39 is 75.5 Å². The second-order valence-corrected chi connectivity index (χ2v) is 9.84. The molecule has 0 saturated heterocycles. The Morgan fingerprint density at radius 2 is 0.895 bits per heavy atom. The summed E-state index contributed by atoms with van der Waals surface area (Å²) in [7, 11) is -7.27. The van der Waals surface area contributed by atoms with Gasteiger partial charge in [0.05, 0.1) is 0 Å². The third-order valence-corrected chi connectivity index (χ3v) is 7.10. The van der Waals surface area contributed by atoms with Crippen LogP contribution in [0.15, 0.2) is 0 Å². The van der Waals surface area contributed by atoms with Gasteiger partial charge in [-0.1, -0.05) is 13.8 Å². The first-order chi connectivity index (χ1) is 16.3. The molecule has 0 aliphatic carbocycles. The fourth-order valence-corrected chi connectivity index (χ4v) is 3.72. The first-order valence-corrected chi connectivity index (χ1v) is 11.3. The van der Waals surface area contributed by atoms with Crippen LogP contribution >= 0.6 is 0 Å². The van der Waals surface area contributed by atoms with Crippen molar-refractivity contribution in [2.75, 3.05) is 6.54 Å². The van der Waals surface area contributed by atoms with Crippen molar-refractivity contribution in [3.8, 4) is 0 Å². The Balaban J connectivity index is 6.45. The lowest BCUT2D eigenvalue weighted by atomic mass is 9.89. The highest BCUT2D eigenvalue weighted by Gasteiger charge is 2.96. The zero-order chi connectivity index (χ0) is 31.2. The van der Waals surface area contributed by atoms with Crippen LogP contribution < -0.4 is 10.5 Å². The average Bonchev–Trinajstić information content (AvgIpc) is 2.74. The van der Waals surface area contributed by atoms with E-state index in [1.165, 1.54) is 13.8 Å². The molecule has 0 aliphatic rings. The van der Waals surface area contributed by atoms with E-state index in [1.807, 2.05) is 0 Å². The van der Waals surface area contributed by atoms with E-state index in [9.17, 15) is 83.1 Å². The Bertz CT molecular complexity index is 927. The van der Waals surface area contributed by atoms with Gasteiger partial charge in [0.15, 0.2) is 0 Å². The van der Waals surface area contributed by atoms with Gasteiger partial charge < -0.3 is 5.73 Å². The fraction of sp³-hybridized carbons (Fsp3) is 1.00. The molecule has 0 bridgehead atoms. The van der Waals surface area contributed by atoms with E-state index in [0.717, 1.165) is 0 Å². The molecule has 0 spiro atoms. The van der Waals surface area contributed by atoms with Crippen molar-refractivity contribution in [2.45, 2.75) is 92.0 Å². The molecular weight excluding hydrogens is 607 g/mol. The zero-order valence-electron chi connectivity index (χ0n) is 18.8. The van der Waals surface area contributed by atoms with Crippen LogP contribution in [0.4, 0.5) is 74.6 Å². The van der Waals surface area contributed by atoms with Crippen LogP contribution in [-0.2, 0) is 10.0 Å². The Morgan fingerprint density at radius 1 is 0.579 bits per heavy atom. The fourth-order valence-electron chi connectivity index (χ4n) is 2.66. The molecular formula is C16H19F17N2O2S. The standard InChI is InChI=1S/C16H19F17N2O2S/c1-3-8(34,4-2)6-5-7-35-38(36,37)16(32,33)14(27,28)12(23,24)10(19,20)9(17,18)11(21,22)13(25,26)15(29,30)31/h35H,3-7,34H2,1-2H3. The van der Waals surface area contributed by atoms with Crippen molar-refractivity contribution < 1.29 is 83.1 Å². The molecule has 4 nitrogen and oxygen atoms in total. The molecule has 0 saturated carbocycles. The van der Waals surface area contributed by atoms with Crippen LogP contribution in [0, 0.1) is 0 Å². The molecule has 0 atom stereocenters. The van der Waals surface area contributed by atoms with E-state index in [1.54, 1.807) is 0 Å². The molecule has 3 N–H and O–H groups in total. The number of nitrogens with one attached hydrogen (secondary N) is 1. The maximum atomic E-state index is 13.9. The van der Waals surface area contributed by atoms with Crippen LogP contribution in [-0.4, -0.2) is 67.5 Å². The van der Waals surface area contributed by atoms with Gasteiger partial charge in [-0.3, -0.25) is 0 Å². The minimum Gasteiger partial charge on any atom is -0.325 e. The number of sulfonamides is 1. The summed E-state index contributed by atoms with van der Waals surface area (Å²) >= 11 is 0. The van der Waals surface area contributed by atoms with Crippen LogP contribution in [0.2, 0.25) is 0 Å². The molecule has 0 aromatic carbocycles. The maximum Gasteiger partial charge on any atom is 0.460 e. The van der Waals surface area contributed by atoms with Gasteiger partial charge in [-0.15, -0.1) is 0 Å². The number of rotatable bonds is 14. The third kappa shape index (κ3) is 5.36. The average molecular weight is 626 g/mol. The highest BCUT2D eigenvalue weighted by molar-refractivity contribution is 7.90. The summed E-state index contributed by atoms with van der Waals surface area (Å²) in [5, 5.41) is -7.56. The normalized spacial score (nSPS) is 16.2. The Labute approximate surface area is 203 Å². The Hall–Kier alpha value is -1.32. The zero-order valence-corrected chi connectivity index (χ0v) is 19.6. The van der Waals surface area contributed by atoms with Crippen LogP contribution in [0.5, 0.6) is 0 Å². The molecule has 0 aromatic heterocycles. The topological polar surface area (TPSA) is 72.2 Å². The van der Waals surface area contributed by atoms with Gasteiger partial charge in [-0.2, -0.15) is 74.6 Å². The number of nitrogens with two attached hydrogens (primary N) is 1. The molecule has 230 valence electrons. The van der Waals surface area contributed by atoms with Gasteiger partial charge in [0, 0.05) is 12.1 Å². The molecule has 38 heavy (non-hydrogen) atoms. The molecule has 0 heterocycles. The number of hydrogen-bond acceptors (Lipinski definition) is 3. The molecule has 0 aromatic rings. The number of alkyl halides is 17. The van der Waals surface area contributed by atoms with Crippen LogP contribution in [0.1, 0.15) is 39.5 Å². The number of halogens is 17. The van der Waals surface area contributed by atoms with Gasteiger partial charge in [0.2, 0.25) is 0 Å². The lowest BCUT2D eigenvalue weighted by Gasteiger charge is -2.42. The van der Waals surface area contributed by atoms with Gasteiger partial charge in [0.1, 0.15) is 0 Å². The molecule has 0 aliphatic heterocycles. The largest absolute Gasteiger partial charge is 0.460 e. The van der Waals surface area contributed by atoms with Gasteiger partial charge in [-0.25, -0.2) is 13.1 Å². The molecule has 0 radical (unpaired) electrons. The summed E-state index contributed by atoms with van der Waals surface area (Å²) in [6.07, 6.45) is -8.30. The molecule has 0 fully saturated rings. The second-order valence-electron chi connectivity index (χ2n) is 8.03. The third-order valence-electron chi connectivity index (χ3n) is 5.58. The lowest BCUT2D eigenvalue weighted by Crippen LogP contribution is -2.75. The lowest BCUT2D eigenvalue weighted by molar-refractivity contribution is -0.458. The summed E-state index contributed by atoms with van der Waals surface area (Å²) in [4.78, 5) is 0. The van der Waals surface area contributed by atoms with Crippen LogP contribution in [0.3, 0.4) is 0 Å². The van der Waals surface area contributed by atoms with Crippen molar-refractivity contribution in [3.63, 3.8) is 0 Å². The van der Waals surface area contributed by atoms with Gasteiger partial charge in [0.25, 0.3) is 10.0 Å². The molecule has 0 amide bonds. The predicted molar refractivity (Wildman–Crippen MR) is 94.3 cm³/mol. The monoisotopic (exact) mass is 626 g/mol. The van der Waals surface area contributed by atoms with Crippen LogP contribution in [0.25, 0.3) is 0 Å². The SMILES string of the molecule is CCC(N)(CC)CCCNS(=O)(=O)C(F)(F)C(F)(F)C(F)(F)C(F)(F)C(F)(F)C(F)(F)C(F)(F)C(F)(F)F. The molecule has 22 heteroatoms. The second kappa shape index (κ2) is 10.3. The predicted octanol–water partition coefficient (Wildman–Crippen LogP) is 6.17. The summed E-state index contributed by atoms with van der Waals surface area (Å²) < 4.78 is 249. The van der Waals surface area contributed by atoms with E-state index >= 15 is 0 Å². The molecule has 0 rings (SSSR count). The van der Waals surface area contributed by atoms with Crippen molar-refractivity contribution in [1.29, 1.82) is 0 Å². The highest BCUT2D eigenvalue weighted by Crippen LogP contribution is 2.64. The maximum absolute atomic E-state index is 13.9. The minimum absolute atomic E-state index is 0.192. The van der Waals surface area contributed by atoms with Crippen molar-refractivity contribution in [1.82, 2.24) is 4.72 Å². The smallest absolute Gasteiger partial charge is 0.325 e. The summed E-state index contributed by atoms with van der Waals surface area (Å²) in [6.45, 7) is 1.70. The quantitative estimate of drug-likeness (QED) is 0.179. The Kier molecular flexibility index (Phi) is 9.90. The van der Waals surface area contributed by atoms with E-state index in [2.05, 4.69) is 0 Å². The van der Waals surface area contributed by atoms with E-state index in [0.29, 0.717) is 4.72 Å². The summed E-state index contributed by atoms with van der Waals surface area (Å²) in [6, 6.07) is 0. The van der Waals surface area contributed by atoms with Crippen molar-refractivity contribution in [3.05, 3.63) is 0 Å². The molecule has 0 unspecified atom stereocenters. The number of hydrogen-bond donors (Lipinski definition) is 2. The first-order valence-electron chi connectivity index (χ1n) is 9.82. The minimum atomic E-state index is -8.85. The summed E-state index contributed by atoms with van der Waals surface area (Å²) in [5.41, 5.74) is 4.69. The van der Waals surface area contributed by atoms with Crippen molar-refractivity contribution >= 4 is 10.0 Å².